The number of nitrogens with one attached hydrogen (secondary N) is 1. The van der Waals surface area contributed by atoms with Gasteiger partial charge in [-0.2, -0.15) is 4.99 Å². The van der Waals surface area contributed by atoms with Crippen LogP contribution in [0.15, 0.2) is 65.8 Å². The first kappa shape index (κ1) is 27.4. The standard InChI is InChI=1S/C32H37N5O4/c1-40-25-14-16-36(20-25)19-21-7-12-29-28(17-21)34-32(37(29)23-8-10-24(38)11-9-23)35-31(39)22-13-15-33-27(18-22)26-5-3-4-6-30(26)41-2/h3-7,12-13,15,17-18,23-25,38H,8-11,14,16,19-20H2,1-2H3,(H,34,35,39)/t23-,24+,25-/m0/s1. The molecule has 1 atom stereocenters. The Morgan fingerprint density at radius 1 is 1.07 bits per heavy atom. The first-order valence-corrected chi connectivity index (χ1v) is 14.4. The summed E-state index contributed by atoms with van der Waals surface area (Å²) in [5.74, 6) is 0.347. The molecule has 0 radical (unpaired) electrons. The number of aromatic amines is 1. The number of amides is 1. The van der Waals surface area contributed by atoms with Crippen molar-refractivity contribution in [2.75, 3.05) is 27.3 Å². The van der Waals surface area contributed by atoms with Gasteiger partial charge >= 0.3 is 0 Å². The van der Waals surface area contributed by atoms with Crippen molar-refractivity contribution in [2.24, 2.45) is 4.99 Å². The van der Waals surface area contributed by atoms with Crippen LogP contribution >= 0.6 is 0 Å². The number of fused-ring (bicyclic) bond motifs is 1. The number of aliphatic hydroxyl groups is 1. The van der Waals surface area contributed by atoms with Crippen molar-refractivity contribution in [3.8, 4) is 17.0 Å². The molecule has 0 unspecified atom stereocenters. The number of aromatic nitrogens is 3. The third-order valence-corrected chi connectivity index (χ3v) is 8.39. The molecule has 214 valence electrons. The van der Waals surface area contributed by atoms with Gasteiger partial charge in [0.05, 0.1) is 36.0 Å². The maximum Gasteiger partial charge on any atom is 0.280 e. The number of carbonyl (C=O) groups is 1. The lowest BCUT2D eigenvalue weighted by Gasteiger charge is -2.27. The van der Waals surface area contributed by atoms with E-state index < -0.39 is 0 Å². The second kappa shape index (κ2) is 12.0. The number of likely N-dealkylation sites (tertiary alicyclic amines) is 1. The third kappa shape index (κ3) is 5.84. The van der Waals surface area contributed by atoms with Crippen LogP contribution in [-0.4, -0.2) is 70.0 Å². The first-order valence-electron chi connectivity index (χ1n) is 14.4. The van der Waals surface area contributed by atoms with E-state index in [1.165, 1.54) is 5.56 Å². The predicted octanol–water partition coefficient (Wildman–Crippen LogP) is 4.48. The summed E-state index contributed by atoms with van der Waals surface area (Å²) in [5.41, 5.74) is 5.61. The van der Waals surface area contributed by atoms with E-state index in [1.54, 1.807) is 32.5 Å². The number of benzene rings is 2. The number of rotatable bonds is 7. The molecule has 2 aromatic carbocycles. The molecule has 3 heterocycles. The van der Waals surface area contributed by atoms with Gasteiger partial charge in [0.1, 0.15) is 5.75 Å². The Bertz CT molecular complexity index is 1600. The minimum atomic E-state index is -0.345. The lowest BCUT2D eigenvalue weighted by molar-refractivity contribution is 0.0990. The molecule has 41 heavy (non-hydrogen) atoms. The van der Waals surface area contributed by atoms with E-state index in [-0.39, 0.29) is 18.1 Å². The summed E-state index contributed by atoms with van der Waals surface area (Å²) < 4.78 is 13.2. The molecule has 1 saturated carbocycles. The Morgan fingerprint density at radius 2 is 1.90 bits per heavy atom. The highest BCUT2D eigenvalue weighted by molar-refractivity contribution is 5.96. The number of methoxy groups -OCH3 is 2. The molecular formula is C32H37N5O4. The van der Waals surface area contributed by atoms with Crippen LogP contribution in [0.1, 0.15) is 54.1 Å². The maximum atomic E-state index is 13.6. The Kier molecular flexibility index (Phi) is 8.00. The van der Waals surface area contributed by atoms with E-state index in [0.717, 1.165) is 68.3 Å². The fourth-order valence-electron chi connectivity index (χ4n) is 6.17. The number of carbonyl (C=O) groups excluding carboxylic acids is 1. The summed E-state index contributed by atoms with van der Waals surface area (Å²) in [6, 6.07) is 17.7. The summed E-state index contributed by atoms with van der Waals surface area (Å²) in [6.07, 6.45) is 5.83. The van der Waals surface area contributed by atoms with Crippen LogP contribution in [0.4, 0.5) is 0 Å². The molecule has 1 aliphatic heterocycles. The summed E-state index contributed by atoms with van der Waals surface area (Å²) in [5, 5.41) is 10.1. The maximum absolute atomic E-state index is 13.6. The van der Waals surface area contributed by atoms with Crippen LogP contribution in [0.3, 0.4) is 0 Å². The zero-order chi connectivity index (χ0) is 28.3. The van der Waals surface area contributed by atoms with Gasteiger partial charge in [-0.1, -0.05) is 18.2 Å². The van der Waals surface area contributed by atoms with Gasteiger partial charge in [-0.05, 0) is 74.1 Å². The number of aliphatic hydroxyl groups excluding tert-OH is 1. The van der Waals surface area contributed by atoms with Gasteiger partial charge in [0.2, 0.25) is 5.62 Å². The molecule has 6 rings (SSSR count). The van der Waals surface area contributed by atoms with Crippen molar-refractivity contribution < 1.29 is 19.4 Å². The molecule has 2 N–H and O–H groups in total. The molecule has 2 fully saturated rings. The van der Waals surface area contributed by atoms with E-state index in [2.05, 4.69) is 42.6 Å². The fourth-order valence-corrected chi connectivity index (χ4v) is 6.17. The van der Waals surface area contributed by atoms with E-state index in [1.807, 2.05) is 24.3 Å². The van der Waals surface area contributed by atoms with Gasteiger partial charge in [-0.25, -0.2) is 0 Å². The average Bonchev–Trinajstić information content (AvgIpc) is 3.61. The molecule has 2 aromatic heterocycles. The van der Waals surface area contributed by atoms with Crippen molar-refractivity contribution in [2.45, 2.75) is 56.9 Å². The summed E-state index contributed by atoms with van der Waals surface area (Å²) in [4.78, 5) is 28.5. The molecule has 1 amide bonds. The normalized spacial score (nSPS) is 21.9. The minimum Gasteiger partial charge on any atom is -0.496 e. The van der Waals surface area contributed by atoms with Crippen LogP contribution in [0.5, 0.6) is 5.75 Å². The van der Waals surface area contributed by atoms with Crippen molar-refractivity contribution in [1.82, 2.24) is 19.4 Å². The molecule has 9 heteroatoms. The molecule has 0 bridgehead atoms. The first-order chi connectivity index (χ1) is 20.0. The molecule has 4 aromatic rings. The molecule has 9 nitrogen and oxygen atoms in total. The van der Waals surface area contributed by atoms with Crippen LogP contribution in [0.25, 0.3) is 22.3 Å². The van der Waals surface area contributed by atoms with Crippen LogP contribution in [0.2, 0.25) is 0 Å². The molecule has 0 spiro atoms. The van der Waals surface area contributed by atoms with Crippen LogP contribution < -0.4 is 10.4 Å². The highest BCUT2D eigenvalue weighted by Gasteiger charge is 2.25. The van der Waals surface area contributed by atoms with Crippen molar-refractivity contribution in [1.29, 1.82) is 0 Å². The zero-order valence-corrected chi connectivity index (χ0v) is 23.6. The zero-order valence-electron chi connectivity index (χ0n) is 23.6. The van der Waals surface area contributed by atoms with E-state index >= 15 is 0 Å². The Balaban J connectivity index is 1.36. The quantitative estimate of drug-likeness (QED) is 0.349. The summed E-state index contributed by atoms with van der Waals surface area (Å²) in [6.45, 7) is 2.80. The van der Waals surface area contributed by atoms with E-state index in [9.17, 15) is 9.90 Å². The molecule has 1 saturated heterocycles. The number of hydrogen-bond acceptors (Lipinski definition) is 6. The second-order valence-corrected chi connectivity index (χ2v) is 11.1. The highest BCUT2D eigenvalue weighted by atomic mass is 16.5. The van der Waals surface area contributed by atoms with Gasteiger partial charge in [0.25, 0.3) is 5.91 Å². The molecule has 1 aliphatic carbocycles. The summed E-state index contributed by atoms with van der Waals surface area (Å²) >= 11 is 0. The van der Waals surface area contributed by atoms with E-state index in [4.69, 9.17) is 9.47 Å². The second-order valence-electron chi connectivity index (χ2n) is 11.1. The highest BCUT2D eigenvalue weighted by Crippen LogP contribution is 2.31. The lowest BCUT2D eigenvalue weighted by Crippen LogP contribution is -2.29. The topological polar surface area (TPSA) is 105 Å². The van der Waals surface area contributed by atoms with Crippen molar-refractivity contribution in [3.63, 3.8) is 0 Å². The fraction of sp³-hybridized carbons (Fsp3) is 0.406. The predicted molar refractivity (Wildman–Crippen MR) is 157 cm³/mol. The summed E-state index contributed by atoms with van der Waals surface area (Å²) in [7, 11) is 3.40. The van der Waals surface area contributed by atoms with Crippen molar-refractivity contribution >= 4 is 16.9 Å². The van der Waals surface area contributed by atoms with Gasteiger partial charge in [-0.3, -0.25) is 14.7 Å². The Morgan fingerprint density at radius 3 is 2.68 bits per heavy atom. The molecule has 2 aliphatic rings. The number of imidazole rings is 1. The number of nitrogens with zero attached hydrogens (tertiary/aromatic N) is 4. The molecular weight excluding hydrogens is 518 g/mol. The minimum absolute atomic E-state index is 0.146. The average molecular weight is 556 g/mol. The Labute approximate surface area is 239 Å². The SMILES string of the molecule is COc1ccccc1-c1cc(C(=O)/N=c2\[nH]c3cc(CN4CC[C@H](OC)C4)ccc3n2[C@H]2CC[C@@H](O)CC2)ccn1. The van der Waals surface area contributed by atoms with Gasteiger partial charge < -0.3 is 24.1 Å². The number of H-pyrrole nitrogens is 1. The number of ether oxygens (including phenoxy) is 2. The van der Waals surface area contributed by atoms with Crippen LogP contribution in [-0.2, 0) is 11.3 Å². The number of pyridine rings is 1. The van der Waals surface area contributed by atoms with Gasteiger partial charge in [0.15, 0.2) is 0 Å². The van der Waals surface area contributed by atoms with Crippen molar-refractivity contribution in [3.05, 3.63) is 77.5 Å². The largest absolute Gasteiger partial charge is 0.496 e. The lowest BCUT2D eigenvalue weighted by atomic mass is 9.93. The smallest absolute Gasteiger partial charge is 0.280 e. The third-order valence-electron chi connectivity index (χ3n) is 8.39. The van der Waals surface area contributed by atoms with Crippen LogP contribution in [0, 0.1) is 0 Å². The van der Waals surface area contributed by atoms with E-state index in [0.29, 0.717) is 28.7 Å². The number of para-hydroxylation sites is 1. The number of hydrogen-bond donors (Lipinski definition) is 2. The van der Waals surface area contributed by atoms with Gasteiger partial charge in [-0.15, -0.1) is 0 Å². The van der Waals surface area contributed by atoms with Gasteiger partial charge in [0, 0.05) is 50.1 Å². The Hall–Kier alpha value is -3.79. The monoisotopic (exact) mass is 555 g/mol.